The van der Waals surface area contributed by atoms with Gasteiger partial charge in [-0.3, -0.25) is 14.5 Å². The van der Waals surface area contributed by atoms with Crippen LogP contribution in [0, 0.1) is 0 Å². The number of hydrogen-bond acceptors (Lipinski definition) is 4. The van der Waals surface area contributed by atoms with Crippen molar-refractivity contribution in [2.24, 2.45) is 0 Å². The Morgan fingerprint density at radius 1 is 1.35 bits per heavy atom. The Labute approximate surface area is 109 Å². The Balaban J connectivity index is 2.06. The summed E-state index contributed by atoms with van der Waals surface area (Å²) in [5.41, 5.74) is 0.839. The molecule has 1 aromatic carbocycles. The van der Waals surface area contributed by atoms with Crippen molar-refractivity contribution >= 4 is 54.3 Å². The van der Waals surface area contributed by atoms with Gasteiger partial charge in [-0.2, -0.15) is 0 Å². The number of thiazole rings is 1. The fraction of sp³-hybridized carbons (Fsp3) is 0.182. The summed E-state index contributed by atoms with van der Waals surface area (Å²) < 4.78 is 1.96. The third-order valence-electron chi connectivity index (χ3n) is 2.55. The largest absolute Gasteiger partial charge is 0.297 e. The van der Waals surface area contributed by atoms with E-state index in [9.17, 15) is 9.59 Å². The first-order valence-electron chi connectivity index (χ1n) is 5.01. The molecule has 86 valence electrons. The minimum Gasteiger partial charge on any atom is -0.297 e. The van der Waals surface area contributed by atoms with Gasteiger partial charge in [0.15, 0.2) is 10.9 Å². The number of carbonyl (C=O) groups excluding carboxylic acids is 2. The molecule has 2 heterocycles. The van der Waals surface area contributed by atoms with Crippen LogP contribution in [0.1, 0.15) is 6.42 Å². The summed E-state index contributed by atoms with van der Waals surface area (Å²) in [4.78, 5) is 28.6. The van der Waals surface area contributed by atoms with Crippen molar-refractivity contribution in [3.8, 4) is 0 Å². The number of Topliss-reactive ketones (excluding diaryl/α,β-unsaturated/α-hetero) is 1. The van der Waals surface area contributed by atoms with Crippen molar-refractivity contribution in [1.29, 1.82) is 0 Å². The minimum absolute atomic E-state index is 0.000377. The number of fused-ring (bicyclic) bond motifs is 1. The summed E-state index contributed by atoms with van der Waals surface area (Å²) >= 11 is 4.81. The van der Waals surface area contributed by atoms with Gasteiger partial charge < -0.3 is 0 Å². The molecule has 0 aliphatic carbocycles. The molecule has 0 bridgehead atoms. The summed E-state index contributed by atoms with van der Waals surface area (Å²) in [5.74, 6) is -0.205. The number of nitrogens with zero attached hydrogens (tertiary/aromatic N) is 2. The predicted octanol–water partition coefficient (Wildman–Crippen LogP) is 2.36. The number of hydrogen-bond donors (Lipinski definition) is 0. The van der Waals surface area contributed by atoms with Gasteiger partial charge in [-0.25, -0.2) is 4.98 Å². The molecule has 1 aliphatic rings. The molecule has 0 spiro atoms. The molecule has 1 saturated heterocycles. The molecule has 0 unspecified atom stereocenters. The van der Waals surface area contributed by atoms with Crippen LogP contribution in [-0.4, -0.2) is 23.2 Å². The van der Waals surface area contributed by atoms with E-state index in [1.165, 1.54) is 16.2 Å². The summed E-state index contributed by atoms with van der Waals surface area (Å²) in [6.07, 6.45) is -0.000377. The summed E-state index contributed by atoms with van der Waals surface area (Å²) in [7, 11) is 0. The first-order chi connectivity index (χ1) is 8.13. The van der Waals surface area contributed by atoms with E-state index in [1.807, 2.05) is 18.2 Å². The number of aromatic nitrogens is 1. The van der Waals surface area contributed by atoms with Crippen molar-refractivity contribution in [3.05, 3.63) is 22.7 Å². The first-order valence-corrected chi connectivity index (χ1v) is 6.62. The van der Waals surface area contributed by atoms with Crippen LogP contribution >= 0.6 is 27.3 Å². The van der Waals surface area contributed by atoms with Gasteiger partial charge in [0.25, 0.3) is 0 Å². The van der Waals surface area contributed by atoms with E-state index in [0.717, 1.165) is 14.7 Å². The number of halogens is 1. The highest BCUT2D eigenvalue weighted by Crippen LogP contribution is 2.32. The molecule has 0 radical (unpaired) electrons. The zero-order chi connectivity index (χ0) is 12.0. The quantitative estimate of drug-likeness (QED) is 0.760. The summed E-state index contributed by atoms with van der Waals surface area (Å²) in [5, 5.41) is 0.606. The molecule has 0 N–H and O–H groups in total. The maximum absolute atomic E-state index is 11.6. The minimum atomic E-state index is -0.159. The molecule has 17 heavy (non-hydrogen) atoms. The van der Waals surface area contributed by atoms with E-state index in [4.69, 9.17) is 0 Å². The van der Waals surface area contributed by atoms with E-state index < -0.39 is 0 Å². The summed E-state index contributed by atoms with van der Waals surface area (Å²) in [6, 6.07) is 5.78. The number of benzene rings is 1. The molecule has 3 rings (SSSR count). The van der Waals surface area contributed by atoms with Crippen molar-refractivity contribution in [2.75, 3.05) is 11.4 Å². The molecule has 4 nitrogen and oxygen atoms in total. The highest BCUT2D eigenvalue weighted by molar-refractivity contribution is 9.10. The number of amides is 1. The molecule has 0 saturated carbocycles. The van der Waals surface area contributed by atoms with Gasteiger partial charge in [0.1, 0.15) is 0 Å². The van der Waals surface area contributed by atoms with Crippen LogP contribution in [0.4, 0.5) is 5.13 Å². The highest BCUT2D eigenvalue weighted by atomic mass is 79.9. The SMILES string of the molecule is O=C1CC(=O)N(c2nc3cc(Br)ccc3s2)C1. The molecule has 1 fully saturated rings. The lowest BCUT2D eigenvalue weighted by Crippen LogP contribution is -2.24. The lowest BCUT2D eigenvalue weighted by Gasteiger charge is -2.08. The Hall–Kier alpha value is -1.27. The third-order valence-corrected chi connectivity index (χ3v) is 4.11. The van der Waals surface area contributed by atoms with Gasteiger partial charge in [-0.1, -0.05) is 27.3 Å². The third kappa shape index (κ3) is 1.87. The van der Waals surface area contributed by atoms with Gasteiger partial charge >= 0.3 is 0 Å². The fourth-order valence-corrected chi connectivity index (χ4v) is 3.07. The van der Waals surface area contributed by atoms with Gasteiger partial charge in [0, 0.05) is 4.47 Å². The van der Waals surface area contributed by atoms with Crippen LogP contribution in [0.3, 0.4) is 0 Å². The number of ketones is 1. The van der Waals surface area contributed by atoms with Crippen molar-refractivity contribution in [1.82, 2.24) is 4.98 Å². The second kappa shape index (κ2) is 3.89. The van der Waals surface area contributed by atoms with Crippen LogP contribution in [0.15, 0.2) is 22.7 Å². The van der Waals surface area contributed by atoms with Crippen molar-refractivity contribution < 1.29 is 9.59 Å². The average Bonchev–Trinajstić information content (AvgIpc) is 2.80. The molecular weight excluding hydrogens is 304 g/mol. The van der Waals surface area contributed by atoms with Crippen molar-refractivity contribution in [2.45, 2.75) is 6.42 Å². The Kier molecular flexibility index (Phi) is 2.48. The second-order valence-corrected chi connectivity index (χ2v) is 5.73. The molecule has 0 atom stereocenters. The Morgan fingerprint density at radius 2 is 2.18 bits per heavy atom. The topological polar surface area (TPSA) is 50.3 Å². The van der Waals surface area contributed by atoms with Crippen molar-refractivity contribution in [3.63, 3.8) is 0 Å². The van der Waals surface area contributed by atoms with E-state index in [-0.39, 0.29) is 24.7 Å². The lowest BCUT2D eigenvalue weighted by molar-refractivity contribution is -0.121. The maximum Gasteiger partial charge on any atom is 0.236 e. The normalized spacial score (nSPS) is 16.2. The monoisotopic (exact) mass is 310 g/mol. The Bertz CT molecular complexity index is 637. The smallest absolute Gasteiger partial charge is 0.236 e. The van der Waals surface area contributed by atoms with E-state index in [1.54, 1.807) is 0 Å². The lowest BCUT2D eigenvalue weighted by atomic mass is 10.3. The standard InChI is InChI=1S/C11H7BrN2O2S/c12-6-1-2-9-8(3-6)13-11(17-9)14-5-7(15)4-10(14)16/h1-3H,4-5H2. The van der Waals surface area contributed by atoms with E-state index >= 15 is 0 Å². The zero-order valence-electron chi connectivity index (χ0n) is 8.64. The molecule has 1 amide bonds. The molecule has 1 aromatic heterocycles. The molecule has 6 heteroatoms. The first kappa shape index (κ1) is 10.9. The number of carbonyl (C=O) groups is 2. The Morgan fingerprint density at radius 3 is 2.88 bits per heavy atom. The molecule has 1 aliphatic heterocycles. The van der Waals surface area contributed by atoms with Gasteiger partial charge in [0.05, 0.1) is 23.2 Å². The molecular formula is C11H7BrN2O2S. The maximum atomic E-state index is 11.6. The van der Waals surface area contributed by atoms with Crippen LogP contribution < -0.4 is 4.90 Å². The average molecular weight is 311 g/mol. The van der Waals surface area contributed by atoms with E-state index in [0.29, 0.717) is 5.13 Å². The summed E-state index contributed by atoms with van der Waals surface area (Å²) in [6.45, 7) is 0.153. The zero-order valence-corrected chi connectivity index (χ0v) is 11.0. The molecule has 2 aromatic rings. The van der Waals surface area contributed by atoms with Gasteiger partial charge in [-0.15, -0.1) is 0 Å². The predicted molar refractivity (Wildman–Crippen MR) is 69.3 cm³/mol. The fourth-order valence-electron chi connectivity index (χ4n) is 1.76. The van der Waals surface area contributed by atoms with Gasteiger partial charge in [-0.05, 0) is 18.2 Å². The van der Waals surface area contributed by atoms with Crippen LogP contribution in [0.25, 0.3) is 10.2 Å². The van der Waals surface area contributed by atoms with Crippen LogP contribution in [-0.2, 0) is 9.59 Å². The van der Waals surface area contributed by atoms with Crippen LogP contribution in [0.2, 0.25) is 0 Å². The number of anilines is 1. The second-order valence-electron chi connectivity index (χ2n) is 3.80. The highest BCUT2D eigenvalue weighted by Gasteiger charge is 2.30. The number of rotatable bonds is 1. The van der Waals surface area contributed by atoms with Crippen LogP contribution in [0.5, 0.6) is 0 Å². The van der Waals surface area contributed by atoms with E-state index in [2.05, 4.69) is 20.9 Å². The van der Waals surface area contributed by atoms with Gasteiger partial charge in [0.2, 0.25) is 5.91 Å².